The van der Waals surface area contributed by atoms with Gasteiger partial charge in [-0.2, -0.15) is 0 Å². The lowest BCUT2D eigenvalue weighted by Crippen LogP contribution is -2.30. The van der Waals surface area contributed by atoms with Crippen LogP contribution >= 0.6 is 15.6 Å². The molecule has 0 spiro atoms. The highest BCUT2D eigenvalue weighted by molar-refractivity contribution is 7.47. The van der Waals surface area contributed by atoms with Crippen molar-refractivity contribution in [3.63, 3.8) is 0 Å². The Balaban J connectivity index is 5.25. The van der Waals surface area contributed by atoms with Crippen molar-refractivity contribution in [2.45, 2.75) is 477 Å². The van der Waals surface area contributed by atoms with Crippen LogP contribution in [0.1, 0.15) is 459 Å². The molecule has 0 saturated carbocycles. The van der Waals surface area contributed by atoms with Gasteiger partial charge in [-0.05, 0) is 37.5 Å². The summed E-state index contributed by atoms with van der Waals surface area (Å²) < 4.78 is 68.9. The van der Waals surface area contributed by atoms with Gasteiger partial charge in [0.05, 0.1) is 26.4 Å². The Labute approximate surface area is 645 Å². The minimum atomic E-state index is -4.97. The Morgan fingerprint density at radius 3 is 0.724 bits per heavy atom. The average molecular weight is 1540 g/mol. The van der Waals surface area contributed by atoms with Crippen LogP contribution in [0.2, 0.25) is 0 Å². The molecule has 624 valence electrons. The van der Waals surface area contributed by atoms with Crippen molar-refractivity contribution >= 4 is 39.5 Å². The van der Waals surface area contributed by atoms with Gasteiger partial charge in [-0.25, -0.2) is 9.13 Å². The van der Waals surface area contributed by atoms with E-state index in [0.29, 0.717) is 25.7 Å². The van der Waals surface area contributed by atoms with Gasteiger partial charge >= 0.3 is 39.5 Å². The first-order chi connectivity index (χ1) is 50.9. The zero-order valence-corrected chi connectivity index (χ0v) is 70.8. The van der Waals surface area contributed by atoms with E-state index in [4.69, 9.17) is 37.0 Å². The van der Waals surface area contributed by atoms with E-state index in [9.17, 15) is 43.2 Å². The highest BCUT2D eigenvalue weighted by Gasteiger charge is 2.30. The normalized spacial score (nSPS) is 14.1. The van der Waals surface area contributed by atoms with E-state index in [0.717, 1.165) is 102 Å². The Kier molecular flexibility index (Phi) is 76.0. The molecule has 0 bridgehead atoms. The largest absolute Gasteiger partial charge is 0.472 e. The highest BCUT2D eigenvalue weighted by Crippen LogP contribution is 2.45. The van der Waals surface area contributed by atoms with Crippen LogP contribution in [-0.2, 0) is 65.4 Å². The van der Waals surface area contributed by atoms with E-state index in [1.165, 1.54) is 276 Å². The van der Waals surface area contributed by atoms with Gasteiger partial charge in [0, 0.05) is 25.7 Å². The third kappa shape index (κ3) is 78.5. The van der Waals surface area contributed by atoms with Crippen molar-refractivity contribution in [1.29, 1.82) is 0 Å². The lowest BCUT2D eigenvalue weighted by molar-refractivity contribution is -0.161. The monoisotopic (exact) mass is 1540 g/mol. The summed E-state index contributed by atoms with van der Waals surface area (Å²) in [5.74, 6) is -0.511. The quantitative estimate of drug-likeness (QED) is 0.0222. The number of carbonyl (C=O) groups excluding carboxylic acids is 4. The summed E-state index contributed by atoms with van der Waals surface area (Å²) in [6, 6.07) is 0. The molecule has 19 heteroatoms. The maximum atomic E-state index is 13.2. The summed E-state index contributed by atoms with van der Waals surface area (Å²) in [7, 11) is -9.93. The van der Waals surface area contributed by atoms with Gasteiger partial charge in [0.15, 0.2) is 12.2 Å². The van der Waals surface area contributed by atoms with Crippen molar-refractivity contribution in [3.8, 4) is 0 Å². The number of carbonyl (C=O) groups is 4. The minimum absolute atomic E-state index is 0.108. The first kappa shape index (κ1) is 103. The smallest absolute Gasteiger partial charge is 0.462 e. The highest BCUT2D eigenvalue weighted by atomic mass is 31.2. The van der Waals surface area contributed by atoms with Crippen LogP contribution in [0.4, 0.5) is 0 Å². The van der Waals surface area contributed by atoms with Gasteiger partial charge in [-0.3, -0.25) is 37.3 Å². The molecule has 0 aliphatic rings. The number of aliphatic hydroxyl groups excluding tert-OH is 1. The number of rotatable bonds is 85. The van der Waals surface area contributed by atoms with Crippen LogP contribution in [0, 0.1) is 11.8 Å². The molecule has 3 N–H and O–H groups in total. The molecule has 0 aliphatic heterocycles. The van der Waals surface area contributed by atoms with Gasteiger partial charge in [0.1, 0.15) is 19.3 Å². The molecule has 0 amide bonds. The molecule has 3 unspecified atom stereocenters. The first-order valence-electron chi connectivity index (χ1n) is 44.5. The van der Waals surface area contributed by atoms with E-state index >= 15 is 0 Å². The lowest BCUT2D eigenvalue weighted by Gasteiger charge is -2.21. The molecule has 0 radical (unpaired) electrons. The van der Waals surface area contributed by atoms with E-state index in [2.05, 4.69) is 41.5 Å². The van der Waals surface area contributed by atoms with Crippen LogP contribution in [0.25, 0.3) is 0 Å². The van der Waals surface area contributed by atoms with Crippen LogP contribution in [0.5, 0.6) is 0 Å². The SMILES string of the molecule is CCCCCCCCCCCCCCCCCCCCCCC(=O)O[C@H](COC(=O)CCCCCCCCCCCCCCCCCCC(C)C)COP(=O)(O)OC[C@@H](O)COP(=O)(O)OC[C@@H](COC(=O)CCCCCCCCCCC(C)CC)OC(=O)CCCCCCCCCCCCCCCC. The fraction of sp³-hybridized carbons (Fsp3) is 0.953. The Morgan fingerprint density at radius 2 is 0.486 bits per heavy atom. The number of unbranched alkanes of at least 4 members (excludes halogenated alkanes) is 54. The zero-order valence-electron chi connectivity index (χ0n) is 69.0. The second kappa shape index (κ2) is 77.4. The summed E-state index contributed by atoms with van der Waals surface area (Å²) in [4.78, 5) is 73.2. The number of phosphoric ester groups is 2. The molecule has 0 rings (SSSR count). The number of hydrogen-bond donors (Lipinski definition) is 3. The summed E-state index contributed by atoms with van der Waals surface area (Å²) in [5.41, 5.74) is 0. The van der Waals surface area contributed by atoms with Gasteiger partial charge in [-0.15, -0.1) is 0 Å². The molecule has 17 nitrogen and oxygen atoms in total. The van der Waals surface area contributed by atoms with Crippen molar-refractivity contribution in [1.82, 2.24) is 0 Å². The van der Waals surface area contributed by atoms with Crippen LogP contribution in [0.15, 0.2) is 0 Å². The molecule has 0 aromatic rings. The van der Waals surface area contributed by atoms with Crippen molar-refractivity contribution < 1.29 is 80.2 Å². The number of aliphatic hydroxyl groups is 1. The maximum absolute atomic E-state index is 13.2. The predicted molar refractivity (Wildman–Crippen MR) is 432 cm³/mol. The molecule has 0 heterocycles. The predicted octanol–water partition coefficient (Wildman–Crippen LogP) is 26.2. The van der Waals surface area contributed by atoms with Crippen molar-refractivity contribution in [2.24, 2.45) is 11.8 Å². The summed E-state index contributed by atoms with van der Waals surface area (Å²) in [5, 5.41) is 10.7. The zero-order chi connectivity index (χ0) is 77.1. The van der Waals surface area contributed by atoms with E-state index in [-0.39, 0.29) is 25.7 Å². The second-order valence-electron chi connectivity index (χ2n) is 31.6. The second-order valence-corrected chi connectivity index (χ2v) is 34.6. The standard InChI is InChI=1S/C86H168O17P2/c1-7-10-12-14-16-18-20-22-24-25-26-27-28-33-37-41-45-53-59-65-71-86(91)102-81(74-96-83(88)68-62-56-50-43-39-36-32-30-29-31-34-38-42-48-54-60-66-78(4)5)76-100-104(92,93)98-72-80(87)73-99-105(94,95)101-77-82(75-97-84(89)69-63-57-51-47-46-49-55-61-67-79(6)9-3)103-85(90)70-64-58-52-44-40-35-23-21-19-17-15-13-11-8-2/h78-82,87H,7-77H2,1-6H3,(H,92,93)(H,94,95)/t79?,80-,81-,82-/m1/s1. The van der Waals surface area contributed by atoms with Gasteiger partial charge in [0.25, 0.3) is 0 Å². The van der Waals surface area contributed by atoms with Crippen LogP contribution in [0.3, 0.4) is 0 Å². The lowest BCUT2D eigenvalue weighted by atomic mass is 9.99. The molecule has 0 saturated heterocycles. The molecule has 0 fully saturated rings. The summed E-state index contributed by atoms with van der Waals surface area (Å²) in [6.07, 6.45) is 69.3. The third-order valence-electron chi connectivity index (χ3n) is 20.6. The fourth-order valence-corrected chi connectivity index (χ4v) is 15.0. The third-order valence-corrected chi connectivity index (χ3v) is 22.5. The van der Waals surface area contributed by atoms with Crippen molar-refractivity contribution in [2.75, 3.05) is 39.6 Å². The van der Waals surface area contributed by atoms with Crippen molar-refractivity contribution in [3.05, 3.63) is 0 Å². The van der Waals surface area contributed by atoms with Gasteiger partial charge in [0.2, 0.25) is 0 Å². The molecule has 105 heavy (non-hydrogen) atoms. The van der Waals surface area contributed by atoms with Crippen LogP contribution in [-0.4, -0.2) is 96.7 Å². The Hall–Kier alpha value is -1.94. The number of phosphoric acid groups is 2. The molecular weight excluding hydrogens is 1370 g/mol. The Bertz CT molecular complexity index is 2010. The van der Waals surface area contributed by atoms with Crippen LogP contribution < -0.4 is 0 Å². The Morgan fingerprint density at radius 1 is 0.276 bits per heavy atom. The van der Waals surface area contributed by atoms with E-state index < -0.39 is 97.5 Å². The summed E-state index contributed by atoms with van der Waals surface area (Å²) >= 11 is 0. The molecule has 0 aliphatic carbocycles. The van der Waals surface area contributed by atoms with E-state index in [1.54, 1.807) is 0 Å². The topological polar surface area (TPSA) is 237 Å². The molecule has 6 atom stereocenters. The number of esters is 4. The number of hydrogen-bond acceptors (Lipinski definition) is 15. The summed E-state index contributed by atoms with van der Waals surface area (Å²) in [6.45, 7) is 9.71. The van der Waals surface area contributed by atoms with E-state index in [1.807, 2.05) is 0 Å². The number of ether oxygens (including phenoxy) is 4. The van der Waals surface area contributed by atoms with Gasteiger partial charge < -0.3 is 33.8 Å². The minimum Gasteiger partial charge on any atom is -0.462 e. The molecule has 0 aromatic carbocycles. The first-order valence-corrected chi connectivity index (χ1v) is 47.5. The van der Waals surface area contributed by atoms with Gasteiger partial charge in [-0.1, -0.05) is 408 Å². The fourth-order valence-electron chi connectivity index (χ4n) is 13.4. The molecular formula is C86H168O17P2. The maximum Gasteiger partial charge on any atom is 0.472 e. The molecule has 0 aromatic heterocycles. The average Bonchev–Trinajstić information content (AvgIpc) is 0.927.